The van der Waals surface area contributed by atoms with Crippen molar-refractivity contribution in [2.75, 3.05) is 104 Å². The highest BCUT2D eigenvalue weighted by atomic mass is 19.4. The number of rotatable bonds is 35. The minimum Gasteiger partial charge on any atom is -0.463 e. The number of ether oxygens (including phenoxy) is 14. The summed E-state index contributed by atoms with van der Waals surface area (Å²) in [4.78, 5) is 146. The van der Waals surface area contributed by atoms with E-state index in [0.717, 1.165) is 59.7 Å². The maximum atomic E-state index is 13.3. The lowest BCUT2D eigenvalue weighted by atomic mass is 9.96. The molecule has 35 heteroatoms. The molecule has 6 amide bonds. The second-order valence-electron chi connectivity index (χ2n) is 18.7. The van der Waals surface area contributed by atoms with Crippen LogP contribution in [0.15, 0.2) is 18.2 Å². The van der Waals surface area contributed by atoms with Gasteiger partial charge < -0.3 is 98.2 Å². The number of hydrogen-bond donors (Lipinski definition) is 6. The molecule has 2 heterocycles. The highest BCUT2D eigenvalue weighted by Crippen LogP contribution is 2.30. The van der Waals surface area contributed by atoms with Gasteiger partial charge in [-0.1, -0.05) is 0 Å². The highest BCUT2D eigenvalue weighted by Gasteiger charge is 2.53. The number of anilines is 1. The maximum absolute atomic E-state index is 13.3. The molecule has 0 saturated carbocycles. The number of halogens is 3. The van der Waals surface area contributed by atoms with E-state index in [2.05, 4.69) is 26.6 Å². The van der Waals surface area contributed by atoms with Crippen molar-refractivity contribution in [1.29, 1.82) is 0 Å². The van der Waals surface area contributed by atoms with Crippen LogP contribution in [-0.2, 0) is 114 Å². The number of carbonyl (C=O) groups excluding carboxylic acids is 12. The minimum absolute atomic E-state index is 0.00113. The van der Waals surface area contributed by atoms with Gasteiger partial charge in [0.2, 0.25) is 17.7 Å². The molecule has 0 bridgehead atoms. The normalized spacial score (nSPS) is 21.6. The summed E-state index contributed by atoms with van der Waals surface area (Å²) in [5.74, 6) is -10.7. The first-order valence-corrected chi connectivity index (χ1v) is 26.8. The van der Waals surface area contributed by atoms with E-state index in [-0.39, 0.29) is 96.0 Å². The molecule has 1 aromatic rings. The number of benzene rings is 1. The summed E-state index contributed by atoms with van der Waals surface area (Å²) in [6.45, 7) is 6.27. The molecule has 2 unspecified atom stereocenters. The highest BCUT2D eigenvalue weighted by molar-refractivity contribution is 6.03. The summed E-state index contributed by atoms with van der Waals surface area (Å²) in [5, 5.41) is 13.9. The van der Waals surface area contributed by atoms with Crippen molar-refractivity contribution in [2.45, 2.75) is 123 Å². The predicted octanol–water partition coefficient (Wildman–Crippen LogP) is -1.82. The second kappa shape index (κ2) is 37.8. The van der Waals surface area contributed by atoms with Crippen LogP contribution < -0.4 is 31.9 Å². The van der Waals surface area contributed by atoms with Crippen molar-refractivity contribution in [3.05, 3.63) is 29.3 Å². The third-order valence-corrected chi connectivity index (χ3v) is 11.4. The fraction of sp³-hybridized carbons (Fsp3) is 0.654. The average Bonchev–Trinajstić information content (AvgIpc) is 1.69. The predicted molar refractivity (Wildman–Crippen MR) is 282 cm³/mol. The summed E-state index contributed by atoms with van der Waals surface area (Å²) < 4.78 is 116. The van der Waals surface area contributed by atoms with Gasteiger partial charge in [-0.05, 0) is 18.2 Å². The lowest BCUT2D eigenvalue weighted by Gasteiger charge is -2.44. The molecule has 0 aromatic heterocycles. The van der Waals surface area contributed by atoms with Crippen molar-refractivity contribution < 1.29 is 137 Å². The summed E-state index contributed by atoms with van der Waals surface area (Å²) in [6.07, 6.45) is -15.6. The molecule has 0 radical (unpaired) electrons. The van der Waals surface area contributed by atoms with E-state index in [4.69, 9.17) is 66.3 Å². The SMILES string of the molecule is CC(=O)N[C@H]1C(OCCOCCOCCNC(=O)c2cc(NC(=O)CNC(=O)C(F)(F)F)cc(C(=O)NCCOCCOCCOC3O[C@H](COC(C)=O)[C@H](OC(C)=O)[C@H](OC(C)=O)[C@H]3NC(C)=O)c2)O[C@H](COC(C)=O)[C@H](OC(C)=O)[C@@H]1OC(C)=O. The van der Waals surface area contributed by atoms with Gasteiger partial charge in [-0.15, -0.1) is 0 Å². The Balaban J connectivity index is 1.52. The van der Waals surface area contributed by atoms with Crippen LogP contribution in [0.4, 0.5) is 18.9 Å². The van der Waals surface area contributed by atoms with Crippen molar-refractivity contribution in [2.24, 2.45) is 0 Å². The van der Waals surface area contributed by atoms with Crippen LogP contribution >= 0.6 is 0 Å². The molecule has 0 spiro atoms. The third-order valence-electron chi connectivity index (χ3n) is 11.4. The molecule has 1 aromatic carbocycles. The van der Waals surface area contributed by atoms with Crippen LogP contribution in [0.1, 0.15) is 76.1 Å². The summed E-state index contributed by atoms with van der Waals surface area (Å²) in [6, 6.07) is 1.02. The Labute approximate surface area is 496 Å². The topological polar surface area (TPSA) is 406 Å². The van der Waals surface area contributed by atoms with E-state index in [1.165, 1.54) is 19.2 Å². The van der Waals surface area contributed by atoms with Gasteiger partial charge in [0.15, 0.2) is 37.0 Å². The zero-order chi connectivity index (χ0) is 64.8. The maximum Gasteiger partial charge on any atom is 0.471 e. The van der Waals surface area contributed by atoms with Gasteiger partial charge in [-0.2, -0.15) is 13.2 Å². The van der Waals surface area contributed by atoms with Gasteiger partial charge >= 0.3 is 47.9 Å². The zero-order valence-electron chi connectivity index (χ0n) is 48.9. The molecule has 32 nitrogen and oxygen atoms in total. The monoisotopic (exact) mass is 1250 g/mol. The van der Waals surface area contributed by atoms with E-state index >= 15 is 0 Å². The molecule has 6 N–H and O–H groups in total. The lowest BCUT2D eigenvalue weighted by molar-refractivity contribution is -0.279. The minimum atomic E-state index is -5.28. The first kappa shape index (κ1) is 73.6. The molecule has 2 aliphatic heterocycles. The fourth-order valence-corrected chi connectivity index (χ4v) is 8.06. The van der Waals surface area contributed by atoms with Crippen LogP contribution in [-0.4, -0.2) is 238 Å². The number of esters is 6. The van der Waals surface area contributed by atoms with Gasteiger partial charge in [-0.3, -0.25) is 57.5 Å². The number of amides is 6. The summed E-state index contributed by atoms with van der Waals surface area (Å²) in [5.41, 5.74) is -0.570. The molecule has 2 fully saturated rings. The van der Waals surface area contributed by atoms with Crippen LogP contribution in [0.25, 0.3) is 0 Å². The Morgan fingerprint density at radius 1 is 0.460 bits per heavy atom. The Kier molecular flexibility index (Phi) is 32.0. The van der Waals surface area contributed by atoms with E-state index in [9.17, 15) is 70.7 Å². The summed E-state index contributed by atoms with van der Waals surface area (Å²) in [7, 11) is 0. The van der Waals surface area contributed by atoms with Crippen molar-refractivity contribution in [1.82, 2.24) is 26.6 Å². The van der Waals surface area contributed by atoms with Gasteiger partial charge in [-0.25, -0.2) is 0 Å². The third kappa shape index (κ3) is 28.1. The average molecular weight is 1260 g/mol. The Morgan fingerprint density at radius 2 is 0.816 bits per heavy atom. The van der Waals surface area contributed by atoms with Gasteiger partial charge in [0.1, 0.15) is 37.5 Å². The number of nitrogens with one attached hydrogen (secondary N) is 6. The lowest BCUT2D eigenvalue weighted by Crippen LogP contribution is -2.66. The largest absolute Gasteiger partial charge is 0.471 e. The second-order valence-corrected chi connectivity index (χ2v) is 18.7. The molecule has 2 saturated heterocycles. The molecular formula is C52H73F3N6O26. The molecule has 3 rings (SSSR count). The number of alkyl halides is 3. The van der Waals surface area contributed by atoms with Gasteiger partial charge in [0.05, 0.1) is 72.6 Å². The van der Waals surface area contributed by atoms with E-state index in [1.54, 1.807) is 0 Å². The van der Waals surface area contributed by atoms with E-state index in [0.29, 0.717) is 0 Å². The Bertz CT molecular complexity index is 2380. The molecule has 10 atom stereocenters. The van der Waals surface area contributed by atoms with E-state index < -0.39 is 158 Å². The van der Waals surface area contributed by atoms with Crippen molar-refractivity contribution in [3.63, 3.8) is 0 Å². The number of carbonyl (C=O) groups is 12. The van der Waals surface area contributed by atoms with Crippen molar-refractivity contribution in [3.8, 4) is 0 Å². The first-order valence-electron chi connectivity index (χ1n) is 26.8. The Morgan fingerprint density at radius 3 is 1.16 bits per heavy atom. The smallest absolute Gasteiger partial charge is 0.463 e. The fourth-order valence-electron chi connectivity index (χ4n) is 8.06. The Hall–Kier alpha value is -7.67. The van der Waals surface area contributed by atoms with Crippen LogP contribution in [0.2, 0.25) is 0 Å². The standard InChI is InChI=1S/C52H73F3N6O26/c1-27(62)59-41-45(84-33(7)68)43(82-31(5)66)38(25-80-29(3)64)86-49(41)78-19-17-76-15-13-74-11-9-56-47(71)35-21-36(23-37(22-35)61-40(70)24-58-51(73)52(53,54)55)48(72)57-10-12-75-14-16-77-18-20-79-50-42(60-28(2)63)46(85-34(8)69)44(83-32(6)67)39(87-50)26-81-30(4)65/h21-23,38-39,41-46,49-50H,9-20,24-26H2,1-8H3,(H,56,71)(H,57,72)(H,58,73)(H,59,62)(H,60,63)(H,61,70)/t38-,39-,41-,42-,43+,44+,45-,46-,49?,50?/m1/s1. The van der Waals surface area contributed by atoms with Crippen LogP contribution in [0.3, 0.4) is 0 Å². The molecule has 0 aliphatic carbocycles. The summed E-state index contributed by atoms with van der Waals surface area (Å²) >= 11 is 0. The van der Waals surface area contributed by atoms with Crippen LogP contribution in [0, 0.1) is 0 Å². The van der Waals surface area contributed by atoms with Gasteiger partial charge in [0, 0.05) is 85.3 Å². The van der Waals surface area contributed by atoms with Crippen molar-refractivity contribution >= 4 is 76.9 Å². The van der Waals surface area contributed by atoms with E-state index in [1.807, 2.05) is 0 Å². The number of hydrogen-bond acceptors (Lipinski definition) is 26. The quantitative estimate of drug-likeness (QED) is 0.0247. The molecule has 87 heavy (non-hydrogen) atoms. The van der Waals surface area contributed by atoms with Crippen LogP contribution in [0.5, 0.6) is 0 Å². The molecular weight excluding hydrogens is 1180 g/mol. The first-order chi connectivity index (χ1) is 41.0. The molecule has 2 aliphatic rings. The molecule has 488 valence electrons. The van der Waals surface area contributed by atoms with Gasteiger partial charge in [0.25, 0.3) is 11.8 Å². The zero-order valence-corrected chi connectivity index (χ0v) is 48.9.